The zero-order valence-electron chi connectivity index (χ0n) is 11.7. The number of halogens is 2. The average molecular weight is 307 g/mol. The van der Waals surface area contributed by atoms with E-state index in [1.165, 1.54) is 4.90 Å². The van der Waals surface area contributed by atoms with E-state index in [0.717, 1.165) is 23.8 Å². The number of aliphatic hydroxyl groups excluding tert-OH is 1. The summed E-state index contributed by atoms with van der Waals surface area (Å²) in [5, 5.41) is 11.5. The number of hydrogen-bond acceptors (Lipinski definition) is 3. The number of carbonyl (C=O) groups is 1. The molecule has 116 valence electrons. The van der Waals surface area contributed by atoms with Gasteiger partial charge in [-0.05, 0) is 23.8 Å². The molecule has 0 aliphatic heterocycles. The van der Waals surface area contributed by atoms with Crippen LogP contribution >= 0.6 is 0 Å². The molecule has 2 amide bonds. The largest absolute Gasteiger partial charge is 0.395 e. The Hall–Kier alpha value is -2.54. The van der Waals surface area contributed by atoms with Gasteiger partial charge in [0.2, 0.25) is 0 Å². The number of anilines is 1. The first-order valence-corrected chi connectivity index (χ1v) is 6.60. The van der Waals surface area contributed by atoms with Gasteiger partial charge in [-0.2, -0.15) is 0 Å². The summed E-state index contributed by atoms with van der Waals surface area (Å²) in [6.07, 6.45) is 3.20. The summed E-state index contributed by atoms with van der Waals surface area (Å²) in [7, 11) is 0. The molecule has 0 aliphatic rings. The predicted molar refractivity (Wildman–Crippen MR) is 77.1 cm³/mol. The van der Waals surface area contributed by atoms with Gasteiger partial charge in [-0.15, -0.1) is 0 Å². The molecule has 0 saturated carbocycles. The smallest absolute Gasteiger partial charge is 0.322 e. The third kappa shape index (κ3) is 4.49. The van der Waals surface area contributed by atoms with Gasteiger partial charge < -0.3 is 15.3 Å². The maximum atomic E-state index is 13.1. The molecule has 1 aromatic heterocycles. The number of rotatable bonds is 5. The maximum Gasteiger partial charge on any atom is 0.322 e. The van der Waals surface area contributed by atoms with E-state index in [0.29, 0.717) is 0 Å². The summed E-state index contributed by atoms with van der Waals surface area (Å²) in [5.74, 6) is -1.56. The highest BCUT2D eigenvalue weighted by Gasteiger charge is 2.14. The second-order valence-corrected chi connectivity index (χ2v) is 4.59. The van der Waals surface area contributed by atoms with Gasteiger partial charge >= 0.3 is 6.03 Å². The summed E-state index contributed by atoms with van der Waals surface area (Å²) in [4.78, 5) is 17.4. The molecule has 0 saturated heterocycles. The quantitative estimate of drug-likeness (QED) is 0.891. The first kappa shape index (κ1) is 15.8. The van der Waals surface area contributed by atoms with Crippen LogP contribution in [-0.2, 0) is 6.54 Å². The van der Waals surface area contributed by atoms with Crippen LogP contribution in [0.1, 0.15) is 5.56 Å². The molecule has 0 bridgehead atoms. The fourth-order valence-electron chi connectivity index (χ4n) is 1.91. The van der Waals surface area contributed by atoms with Crippen LogP contribution in [-0.4, -0.2) is 34.2 Å². The van der Waals surface area contributed by atoms with Crippen molar-refractivity contribution in [3.63, 3.8) is 0 Å². The van der Waals surface area contributed by atoms with Crippen molar-refractivity contribution in [3.05, 3.63) is 59.9 Å². The molecule has 0 radical (unpaired) electrons. The Morgan fingerprint density at radius 2 is 2.00 bits per heavy atom. The normalized spacial score (nSPS) is 10.3. The Balaban J connectivity index is 2.09. The Morgan fingerprint density at radius 1 is 1.27 bits per heavy atom. The minimum atomic E-state index is -0.781. The Morgan fingerprint density at radius 3 is 2.59 bits per heavy atom. The number of benzene rings is 1. The van der Waals surface area contributed by atoms with Crippen molar-refractivity contribution in [2.45, 2.75) is 6.54 Å². The van der Waals surface area contributed by atoms with Crippen molar-refractivity contribution in [2.24, 2.45) is 0 Å². The lowest BCUT2D eigenvalue weighted by molar-refractivity contribution is 0.185. The predicted octanol–water partition coefficient (Wildman–Crippen LogP) is 2.39. The van der Waals surface area contributed by atoms with Crippen LogP contribution < -0.4 is 5.32 Å². The van der Waals surface area contributed by atoms with Crippen LogP contribution in [0.15, 0.2) is 42.7 Å². The topological polar surface area (TPSA) is 65.5 Å². The minimum Gasteiger partial charge on any atom is -0.395 e. The van der Waals surface area contributed by atoms with Gasteiger partial charge in [0, 0.05) is 37.2 Å². The van der Waals surface area contributed by atoms with E-state index >= 15 is 0 Å². The molecule has 22 heavy (non-hydrogen) atoms. The Bertz CT molecular complexity index is 618. The van der Waals surface area contributed by atoms with Crippen LogP contribution in [0.4, 0.5) is 19.3 Å². The molecule has 1 heterocycles. The third-order valence-corrected chi connectivity index (χ3v) is 2.87. The summed E-state index contributed by atoms with van der Waals surface area (Å²) >= 11 is 0. The SMILES string of the molecule is O=C(Nc1cc(F)cc(F)c1)N(CCO)Cc1cccnc1. The highest BCUT2D eigenvalue weighted by atomic mass is 19.1. The number of amides is 2. The van der Waals surface area contributed by atoms with E-state index in [-0.39, 0.29) is 25.4 Å². The molecule has 1 aromatic carbocycles. The van der Waals surface area contributed by atoms with E-state index in [2.05, 4.69) is 10.3 Å². The lowest BCUT2D eigenvalue weighted by Crippen LogP contribution is -2.36. The number of pyridine rings is 1. The fourth-order valence-corrected chi connectivity index (χ4v) is 1.91. The van der Waals surface area contributed by atoms with E-state index in [1.807, 2.05) is 0 Å². The standard InChI is InChI=1S/C15H15F2N3O2/c16-12-6-13(17)8-14(7-12)19-15(22)20(4-5-21)10-11-2-1-3-18-9-11/h1-3,6-9,21H,4-5,10H2,(H,19,22). The number of aromatic nitrogens is 1. The molecule has 0 unspecified atom stereocenters. The zero-order chi connectivity index (χ0) is 15.9. The number of carbonyl (C=O) groups excluding carboxylic acids is 1. The third-order valence-electron chi connectivity index (χ3n) is 2.87. The van der Waals surface area contributed by atoms with Crippen LogP contribution in [0.3, 0.4) is 0 Å². The molecule has 0 atom stereocenters. The number of urea groups is 1. The highest BCUT2D eigenvalue weighted by Crippen LogP contribution is 2.14. The van der Waals surface area contributed by atoms with Gasteiger partial charge in [0.1, 0.15) is 11.6 Å². The van der Waals surface area contributed by atoms with E-state index in [9.17, 15) is 13.6 Å². The van der Waals surface area contributed by atoms with Crippen molar-refractivity contribution in [3.8, 4) is 0 Å². The Kier molecular flexibility index (Phi) is 5.37. The average Bonchev–Trinajstić information content (AvgIpc) is 2.46. The number of aliphatic hydroxyl groups is 1. The van der Waals surface area contributed by atoms with Crippen molar-refractivity contribution in [2.75, 3.05) is 18.5 Å². The zero-order valence-corrected chi connectivity index (χ0v) is 11.7. The first-order chi connectivity index (χ1) is 10.6. The van der Waals surface area contributed by atoms with E-state index in [1.54, 1.807) is 24.5 Å². The second-order valence-electron chi connectivity index (χ2n) is 4.59. The fraction of sp³-hybridized carbons (Fsp3) is 0.200. The second kappa shape index (κ2) is 7.46. The van der Waals surface area contributed by atoms with E-state index < -0.39 is 17.7 Å². The van der Waals surface area contributed by atoms with Crippen LogP contribution in [0, 0.1) is 11.6 Å². The molecule has 2 N–H and O–H groups in total. The minimum absolute atomic E-state index is 0.0108. The van der Waals surface area contributed by atoms with Crippen LogP contribution in [0.25, 0.3) is 0 Å². The van der Waals surface area contributed by atoms with Gasteiger partial charge in [-0.25, -0.2) is 13.6 Å². The molecule has 7 heteroatoms. The van der Waals surface area contributed by atoms with Gasteiger partial charge in [-0.1, -0.05) is 6.07 Å². The van der Waals surface area contributed by atoms with Gasteiger partial charge in [-0.3, -0.25) is 4.98 Å². The molecule has 5 nitrogen and oxygen atoms in total. The van der Waals surface area contributed by atoms with Crippen molar-refractivity contribution in [1.82, 2.24) is 9.88 Å². The van der Waals surface area contributed by atoms with Crippen LogP contribution in [0.5, 0.6) is 0 Å². The van der Waals surface area contributed by atoms with Crippen molar-refractivity contribution >= 4 is 11.7 Å². The number of hydrogen-bond donors (Lipinski definition) is 2. The molecular weight excluding hydrogens is 292 g/mol. The maximum absolute atomic E-state index is 13.1. The lowest BCUT2D eigenvalue weighted by Gasteiger charge is -2.22. The summed E-state index contributed by atoms with van der Waals surface area (Å²) in [6.45, 7) is 0.0712. The molecule has 2 rings (SSSR count). The number of nitrogens with one attached hydrogen (secondary N) is 1. The highest BCUT2D eigenvalue weighted by molar-refractivity contribution is 5.89. The van der Waals surface area contributed by atoms with Gasteiger partial charge in [0.05, 0.1) is 6.61 Å². The molecule has 2 aromatic rings. The molecule has 0 aliphatic carbocycles. The number of nitrogens with zero attached hydrogens (tertiary/aromatic N) is 2. The lowest BCUT2D eigenvalue weighted by atomic mass is 10.2. The Labute approximate surface area is 126 Å². The summed E-state index contributed by atoms with van der Waals surface area (Å²) in [5.41, 5.74) is 0.785. The monoisotopic (exact) mass is 307 g/mol. The molecule has 0 spiro atoms. The first-order valence-electron chi connectivity index (χ1n) is 6.60. The summed E-state index contributed by atoms with van der Waals surface area (Å²) < 4.78 is 26.2. The van der Waals surface area contributed by atoms with Crippen molar-refractivity contribution < 1.29 is 18.7 Å². The molecular formula is C15H15F2N3O2. The van der Waals surface area contributed by atoms with Crippen LogP contribution in [0.2, 0.25) is 0 Å². The summed E-state index contributed by atoms with van der Waals surface area (Å²) in [6, 6.07) is 5.70. The molecule has 0 fully saturated rings. The van der Waals surface area contributed by atoms with E-state index in [4.69, 9.17) is 5.11 Å². The van der Waals surface area contributed by atoms with Gasteiger partial charge in [0.25, 0.3) is 0 Å². The van der Waals surface area contributed by atoms with Gasteiger partial charge in [0.15, 0.2) is 0 Å². The van der Waals surface area contributed by atoms with Crippen molar-refractivity contribution in [1.29, 1.82) is 0 Å².